The lowest BCUT2D eigenvalue weighted by molar-refractivity contribution is -0.118. The Morgan fingerprint density at radius 3 is 1.43 bits per heavy atom. The normalized spacial score (nSPS) is 17.8. The summed E-state index contributed by atoms with van der Waals surface area (Å²) in [5.74, 6) is -3.51. The third-order valence-corrected chi connectivity index (χ3v) is 6.98. The Bertz CT molecular complexity index is 815. The van der Waals surface area contributed by atoms with Crippen molar-refractivity contribution in [3.8, 4) is 0 Å². The number of ether oxygens (including phenoxy) is 2. The molecule has 2 saturated carbocycles. The lowest BCUT2D eigenvalue weighted by Gasteiger charge is -2.13. The first-order chi connectivity index (χ1) is 23.9. The minimum Gasteiger partial charge on any atom is -0.368 e. The number of hydrogen-bond donors (Lipinski definition) is 2. The molecule has 0 saturated heterocycles. The Balaban J connectivity index is -0.000000175. The fourth-order valence-corrected chi connectivity index (χ4v) is 4.21. The minimum atomic E-state index is -2.57. The predicted octanol–water partition coefficient (Wildman–Crippen LogP) is 12.2. The van der Waals surface area contributed by atoms with Gasteiger partial charge in [-0.15, -0.1) is 6.58 Å². The molecule has 4 unspecified atom stereocenters. The van der Waals surface area contributed by atoms with E-state index in [0.29, 0.717) is 50.6 Å². The van der Waals surface area contributed by atoms with Crippen LogP contribution in [0, 0.1) is 11.8 Å². The number of alkyl halides is 4. The standard InChI is InChI=1S/C13H20F2O.C8H14F2.C6H10O.2C4H10O2.C4H8.C2H6/c1-2-3-8-13(14,15)9-4-5-11-6-7-12(16)10-11;1-3-5-7-8(9,10)6-4-2;1-5-2-3-6(7)4-5;2*1-3-6-4(2)5;1-3-4-2;1-2/h4-5,11H,2-3,6-10H2,1H3;4H,2-3,5-7H2,1H3;5H,2-4H2,1H3;2*4-5H,3H2,1-2H3;3-4H,1-2H3;1-2H3/b5-4+;;;;;4-3+;. The van der Waals surface area contributed by atoms with Gasteiger partial charge in [0.2, 0.25) is 0 Å². The van der Waals surface area contributed by atoms with E-state index in [0.717, 1.165) is 38.5 Å². The molecule has 2 aliphatic rings. The number of carbonyl (C=O) groups is 2. The van der Waals surface area contributed by atoms with Crippen molar-refractivity contribution in [2.24, 2.45) is 11.8 Å². The quantitative estimate of drug-likeness (QED) is 0.0986. The molecule has 0 aromatic rings. The molecule has 2 fully saturated rings. The molecule has 0 bridgehead atoms. The van der Waals surface area contributed by atoms with Gasteiger partial charge in [0.05, 0.1) is 0 Å². The molecular formula is C41H78F4O6. The van der Waals surface area contributed by atoms with E-state index < -0.39 is 24.4 Å². The molecule has 0 heterocycles. The van der Waals surface area contributed by atoms with Crippen LogP contribution in [0.15, 0.2) is 37.0 Å². The maximum atomic E-state index is 13.2. The highest BCUT2D eigenvalue weighted by Crippen LogP contribution is 2.28. The summed E-state index contributed by atoms with van der Waals surface area (Å²) in [6.07, 6.45) is 14.6. The number of rotatable bonds is 15. The van der Waals surface area contributed by atoms with Crippen molar-refractivity contribution < 1.29 is 46.8 Å². The van der Waals surface area contributed by atoms with Crippen molar-refractivity contribution >= 4 is 11.6 Å². The van der Waals surface area contributed by atoms with Crippen molar-refractivity contribution in [2.75, 3.05) is 13.2 Å². The van der Waals surface area contributed by atoms with Crippen LogP contribution in [0.4, 0.5) is 17.6 Å². The molecule has 2 N–H and O–H groups in total. The summed E-state index contributed by atoms with van der Waals surface area (Å²) in [7, 11) is 0. The van der Waals surface area contributed by atoms with Gasteiger partial charge in [-0.2, -0.15) is 0 Å². The van der Waals surface area contributed by atoms with Gasteiger partial charge in [-0.3, -0.25) is 9.59 Å². The van der Waals surface area contributed by atoms with Crippen molar-refractivity contribution in [1.82, 2.24) is 0 Å². The Morgan fingerprint density at radius 1 is 0.784 bits per heavy atom. The van der Waals surface area contributed by atoms with Gasteiger partial charge in [0, 0.05) is 64.6 Å². The van der Waals surface area contributed by atoms with E-state index in [1.165, 1.54) is 6.08 Å². The Morgan fingerprint density at radius 2 is 1.20 bits per heavy atom. The van der Waals surface area contributed by atoms with Crippen LogP contribution in [0.1, 0.15) is 166 Å². The summed E-state index contributed by atoms with van der Waals surface area (Å²) in [6, 6.07) is 0. The third kappa shape index (κ3) is 52.6. The van der Waals surface area contributed by atoms with Crippen molar-refractivity contribution in [2.45, 2.75) is 190 Å². The van der Waals surface area contributed by atoms with Crippen LogP contribution < -0.4 is 0 Å². The number of carbonyl (C=O) groups excluding carboxylic acids is 2. The van der Waals surface area contributed by atoms with Crippen LogP contribution in [0.5, 0.6) is 0 Å². The molecule has 2 rings (SSSR count). The largest absolute Gasteiger partial charge is 0.368 e. The van der Waals surface area contributed by atoms with Crippen LogP contribution in [0.25, 0.3) is 0 Å². The maximum absolute atomic E-state index is 13.2. The van der Waals surface area contributed by atoms with Gasteiger partial charge in [0.25, 0.3) is 11.8 Å². The van der Waals surface area contributed by atoms with Crippen LogP contribution in [-0.4, -0.2) is 59.4 Å². The van der Waals surface area contributed by atoms with E-state index in [-0.39, 0.29) is 37.4 Å². The summed E-state index contributed by atoms with van der Waals surface area (Å²) in [4.78, 5) is 21.4. The first-order valence-electron chi connectivity index (χ1n) is 19.1. The van der Waals surface area contributed by atoms with Crippen LogP contribution in [0.2, 0.25) is 0 Å². The van der Waals surface area contributed by atoms with E-state index >= 15 is 0 Å². The number of hydrogen-bond acceptors (Lipinski definition) is 6. The molecule has 306 valence electrons. The molecule has 0 aromatic carbocycles. The number of unbranched alkanes of at least 4 members (excludes halogenated alkanes) is 2. The van der Waals surface area contributed by atoms with Crippen molar-refractivity contribution in [1.29, 1.82) is 0 Å². The highest BCUT2D eigenvalue weighted by molar-refractivity contribution is 5.81. The van der Waals surface area contributed by atoms with Gasteiger partial charge >= 0.3 is 0 Å². The molecule has 0 amide bonds. The second-order valence-corrected chi connectivity index (χ2v) is 12.2. The summed E-state index contributed by atoms with van der Waals surface area (Å²) < 4.78 is 60.8. The van der Waals surface area contributed by atoms with Gasteiger partial charge in [-0.25, -0.2) is 17.6 Å². The summed E-state index contributed by atoms with van der Waals surface area (Å²) in [5, 5.41) is 16.7. The second-order valence-electron chi connectivity index (χ2n) is 12.2. The highest BCUT2D eigenvalue weighted by Gasteiger charge is 2.27. The average molecular weight is 743 g/mol. The maximum Gasteiger partial charge on any atom is 0.251 e. The molecule has 6 nitrogen and oxygen atoms in total. The number of aliphatic hydroxyl groups excluding tert-OH is 2. The molecule has 0 spiro atoms. The number of aliphatic hydroxyl groups is 2. The average Bonchev–Trinajstić information content (AvgIpc) is 3.66. The van der Waals surface area contributed by atoms with E-state index in [2.05, 4.69) is 23.0 Å². The first-order valence-corrected chi connectivity index (χ1v) is 19.1. The zero-order valence-corrected chi connectivity index (χ0v) is 34.3. The Hall–Kier alpha value is -1.88. The molecule has 0 aromatic heterocycles. The molecule has 10 heteroatoms. The van der Waals surface area contributed by atoms with E-state index in [9.17, 15) is 27.2 Å². The highest BCUT2D eigenvalue weighted by atomic mass is 19.3. The lowest BCUT2D eigenvalue weighted by Crippen LogP contribution is -2.14. The zero-order chi connectivity index (χ0) is 40.7. The molecule has 0 aliphatic heterocycles. The SMILES string of the molecule is C/C=C/C.C=CCC(F)(F)CCCC.CC.CC1CCC(=O)C1.CCCCC(F)(F)C/C=C/C1CCC(=O)C1.CCOC(C)O.CCOC(C)O. The molecule has 2 aliphatic carbocycles. The predicted molar refractivity (Wildman–Crippen MR) is 206 cm³/mol. The number of allylic oxidation sites excluding steroid dienone is 5. The minimum absolute atomic E-state index is 0.00444. The zero-order valence-electron chi connectivity index (χ0n) is 34.3. The fraction of sp³-hybridized carbons (Fsp3) is 0.805. The van der Waals surface area contributed by atoms with Gasteiger partial charge in [-0.1, -0.05) is 77.8 Å². The number of Topliss-reactive ketones (excluding diaryl/α,β-unsaturated/α-hetero) is 2. The third-order valence-electron chi connectivity index (χ3n) is 6.98. The number of ketones is 2. The molecular weight excluding hydrogens is 664 g/mol. The first kappa shape index (κ1) is 58.4. The smallest absolute Gasteiger partial charge is 0.251 e. The van der Waals surface area contributed by atoms with Gasteiger partial charge in [0.1, 0.15) is 11.6 Å². The van der Waals surface area contributed by atoms with Gasteiger partial charge < -0.3 is 19.7 Å². The topological polar surface area (TPSA) is 93.1 Å². The Labute approximate surface area is 310 Å². The lowest BCUT2D eigenvalue weighted by atomic mass is 10.0. The monoisotopic (exact) mass is 743 g/mol. The van der Waals surface area contributed by atoms with Crippen LogP contribution in [0.3, 0.4) is 0 Å². The number of halogens is 4. The summed E-state index contributed by atoms with van der Waals surface area (Å²) in [5.41, 5.74) is 0. The molecule has 0 radical (unpaired) electrons. The van der Waals surface area contributed by atoms with Crippen molar-refractivity contribution in [3.63, 3.8) is 0 Å². The fourth-order valence-electron chi connectivity index (χ4n) is 4.21. The van der Waals surface area contributed by atoms with E-state index in [4.69, 9.17) is 10.2 Å². The molecule has 4 atom stereocenters. The Kier molecular flexibility index (Phi) is 46.8. The van der Waals surface area contributed by atoms with E-state index in [1.54, 1.807) is 26.0 Å². The van der Waals surface area contributed by atoms with Gasteiger partial charge in [-0.05, 0) is 79.1 Å². The summed E-state index contributed by atoms with van der Waals surface area (Å²) >= 11 is 0. The molecule has 51 heavy (non-hydrogen) atoms. The summed E-state index contributed by atoms with van der Waals surface area (Å²) in [6.45, 7) is 25.2. The van der Waals surface area contributed by atoms with Crippen molar-refractivity contribution in [3.05, 3.63) is 37.0 Å². The van der Waals surface area contributed by atoms with Crippen LogP contribution in [-0.2, 0) is 19.1 Å². The van der Waals surface area contributed by atoms with Gasteiger partial charge in [0.15, 0.2) is 12.6 Å². The van der Waals surface area contributed by atoms with E-state index in [1.807, 2.05) is 67.5 Å². The second kappa shape index (κ2) is 40.9. The van der Waals surface area contributed by atoms with Crippen LogP contribution >= 0.6 is 0 Å².